The average molecular weight is 283 g/mol. The zero-order chi connectivity index (χ0) is 11.7. The van der Waals surface area contributed by atoms with Crippen LogP contribution in [0, 0.1) is 12.7 Å². The summed E-state index contributed by atoms with van der Waals surface area (Å²) in [5.41, 5.74) is 0.894. The largest absolute Gasteiger partial charge is 0.469 e. The second-order valence-electron chi connectivity index (χ2n) is 3.40. The van der Waals surface area contributed by atoms with Gasteiger partial charge in [0.1, 0.15) is 17.8 Å². The van der Waals surface area contributed by atoms with Gasteiger partial charge in [0.05, 0.1) is 10.0 Å². The molecule has 0 aliphatic heterocycles. The van der Waals surface area contributed by atoms with E-state index in [2.05, 4.69) is 15.9 Å². The second kappa shape index (κ2) is 4.22. The van der Waals surface area contributed by atoms with Gasteiger partial charge in [-0.1, -0.05) is 0 Å². The maximum Gasteiger partial charge on any atom is 0.196 e. The Morgan fingerprint density at radius 3 is 2.62 bits per heavy atom. The Kier molecular flexibility index (Phi) is 2.92. The fraction of sp³-hybridized carbons (Fsp3) is 0.0833. The van der Waals surface area contributed by atoms with Crippen LogP contribution in [0.3, 0.4) is 0 Å². The van der Waals surface area contributed by atoms with Crippen molar-refractivity contribution in [2.45, 2.75) is 6.92 Å². The number of hydrogen-bond acceptors (Lipinski definition) is 2. The molecule has 2 nitrogen and oxygen atoms in total. The number of furan rings is 1. The first-order valence-electron chi connectivity index (χ1n) is 4.63. The lowest BCUT2D eigenvalue weighted by molar-refractivity contribution is 0.103. The predicted molar refractivity (Wildman–Crippen MR) is 61.0 cm³/mol. The summed E-state index contributed by atoms with van der Waals surface area (Å²) in [6.45, 7) is 1.76. The van der Waals surface area contributed by atoms with Crippen molar-refractivity contribution >= 4 is 21.7 Å². The molecule has 1 aromatic carbocycles. The molecule has 0 atom stereocenters. The van der Waals surface area contributed by atoms with Gasteiger partial charge in [-0.3, -0.25) is 4.79 Å². The fourth-order valence-corrected chi connectivity index (χ4v) is 1.75. The number of rotatable bonds is 2. The van der Waals surface area contributed by atoms with Crippen molar-refractivity contribution in [2.75, 3.05) is 0 Å². The van der Waals surface area contributed by atoms with Gasteiger partial charge in [-0.05, 0) is 47.1 Å². The van der Waals surface area contributed by atoms with Gasteiger partial charge in [-0.25, -0.2) is 4.39 Å². The Morgan fingerprint density at radius 2 is 2.06 bits per heavy atom. The van der Waals surface area contributed by atoms with E-state index in [1.54, 1.807) is 13.0 Å². The molecule has 0 aliphatic rings. The zero-order valence-electron chi connectivity index (χ0n) is 8.46. The van der Waals surface area contributed by atoms with Crippen molar-refractivity contribution in [2.24, 2.45) is 0 Å². The quantitative estimate of drug-likeness (QED) is 0.786. The van der Waals surface area contributed by atoms with Crippen LogP contribution in [-0.2, 0) is 0 Å². The Balaban J connectivity index is 2.38. The van der Waals surface area contributed by atoms with Crippen LogP contribution in [0.15, 0.2) is 39.4 Å². The van der Waals surface area contributed by atoms with E-state index in [0.717, 1.165) is 0 Å². The maximum absolute atomic E-state index is 13.0. The number of hydrogen-bond donors (Lipinski definition) is 0. The summed E-state index contributed by atoms with van der Waals surface area (Å²) in [4.78, 5) is 11.9. The minimum atomic E-state index is -0.389. The third-order valence-electron chi connectivity index (χ3n) is 2.17. The number of aryl methyl sites for hydroxylation is 1. The molecule has 4 heteroatoms. The molecule has 0 amide bonds. The normalized spacial score (nSPS) is 10.4. The molecular formula is C12H8BrFO2. The van der Waals surface area contributed by atoms with E-state index >= 15 is 0 Å². The van der Waals surface area contributed by atoms with E-state index in [9.17, 15) is 9.18 Å². The molecule has 0 fully saturated rings. The van der Waals surface area contributed by atoms with Crippen molar-refractivity contribution in [3.8, 4) is 0 Å². The van der Waals surface area contributed by atoms with E-state index in [1.807, 2.05) is 0 Å². The number of carbonyl (C=O) groups is 1. The molecule has 1 aromatic heterocycles. The highest BCUT2D eigenvalue weighted by atomic mass is 79.9. The van der Waals surface area contributed by atoms with Gasteiger partial charge in [-0.2, -0.15) is 0 Å². The lowest BCUT2D eigenvalue weighted by Gasteiger charge is -1.99. The lowest BCUT2D eigenvalue weighted by atomic mass is 10.1. The molecule has 0 unspecified atom stereocenters. The molecule has 1 heterocycles. The fourth-order valence-electron chi connectivity index (χ4n) is 1.37. The minimum absolute atomic E-state index is 0.183. The van der Waals surface area contributed by atoms with E-state index in [-0.39, 0.29) is 16.1 Å². The molecule has 16 heavy (non-hydrogen) atoms. The molecular weight excluding hydrogens is 275 g/mol. The van der Waals surface area contributed by atoms with Crippen LogP contribution in [0.2, 0.25) is 0 Å². The molecule has 0 radical (unpaired) electrons. The van der Waals surface area contributed by atoms with Crippen molar-refractivity contribution in [3.05, 3.63) is 57.7 Å². The smallest absolute Gasteiger partial charge is 0.196 e. The summed E-state index contributed by atoms with van der Waals surface area (Å²) in [6.07, 6.45) is 1.40. The molecule has 0 aliphatic carbocycles. The maximum atomic E-state index is 13.0. The highest BCUT2D eigenvalue weighted by molar-refractivity contribution is 9.10. The Hall–Kier alpha value is -1.42. The van der Waals surface area contributed by atoms with Gasteiger partial charge < -0.3 is 4.42 Å². The van der Waals surface area contributed by atoms with Gasteiger partial charge in [0.25, 0.3) is 0 Å². The van der Waals surface area contributed by atoms with Crippen LogP contribution in [0.5, 0.6) is 0 Å². The summed E-state index contributed by atoms with van der Waals surface area (Å²) >= 11 is 3.04. The third kappa shape index (κ3) is 2.07. The summed E-state index contributed by atoms with van der Waals surface area (Å²) in [5.74, 6) is 0.0991. The highest BCUT2D eigenvalue weighted by Gasteiger charge is 2.12. The number of halogens is 2. The Bertz CT molecular complexity index is 546. The highest BCUT2D eigenvalue weighted by Crippen LogP contribution is 2.19. The average Bonchev–Trinajstić information content (AvgIpc) is 2.68. The number of benzene rings is 1. The van der Waals surface area contributed by atoms with Gasteiger partial charge in [-0.15, -0.1) is 0 Å². The van der Waals surface area contributed by atoms with Crippen molar-refractivity contribution in [3.63, 3.8) is 0 Å². The van der Waals surface area contributed by atoms with Crippen LogP contribution < -0.4 is 0 Å². The Labute approximate surface area is 100 Å². The van der Waals surface area contributed by atoms with Crippen LogP contribution in [-0.4, -0.2) is 5.78 Å². The van der Waals surface area contributed by atoms with E-state index < -0.39 is 0 Å². The number of carbonyl (C=O) groups excluding carboxylic acids is 1. The molecule has 2 aromatic rings. The van der Waals surface area contributed by atoms with E-state index in [4.69, 9.17) is 4.42 Å². The topological polar surface area (TPSA) is 30.2 Å². The van der Waals surface area contributed by atoms with E-state index in [1.165, 1.54) is 24.5 Å². The van der Waals surface area contributed by atoms with Gasteiger partial charge in [0, 0.05) is 5.56 Å². The molecule has 0 N–H and O–H groups in total. The molecule has 0 saturated heterocycles. The summed E-state index contributed by atoms with van der Waals surface area (Å²) in [5, 5.41) is 0. The summed E-state index contributed by atoms with van der Waals surface area (Å²) < 4.78 is 18.3. The third-order valence-corrected chi connectivity index (χ3v) is 2.78. The van der Waals surface area contributed by atoms with Crippen molar-refractivity contribution in [1.82, 2.24) is 0 Å². The van der Waals surface area contributed by atoms with Crippen LogP contribution in [0.1, 0.15) is 21.7 Å². The molecule has 82 valence electrons. The van der Waals surface area contributed by atoms with Crippen LogP contribution >= 0.6 is 15.9 Å². The monoisotopic (exact) mass is 282 g/mol. The second-order valence-corrected chi connectivity index (χ2v) is 4.26. The molecule has 0 saturated carbocycles. The van der Waals surface area contributed by atoms with Gasteiger partial charge >= 0.3 is 0 Å². The van der Waals surface area contributed by atoms with Crippen molar-refractivity contribution in [1.29, 1.82) is 0 Å². The Morgan fingerprint density at radius 1 is 1.31 bits per heavy atom. The predicted octanol–water partition coefficient (Wildman–Crippen LogP) is 3.72. The summed E-state index contributed by atoms with van der Waals surface area (Å²) in [6, 6.07) is 5.81. The first-order valence-corrected chi connectivity index (χ1v) is 5.42. The standard InChI is InChI=1S/C12H8BrFO2/c1-7-4-9(6-16-7)12(15)8-2-3-11(14)10(13)5-8/h2-6H,1H3. The molecule has 2 rings (SSSR count). The van der Waals surface area contributed by atoms with Crippen LogP contribution in [0.25, 0.3) is 0 Å². The number of ketones is 1. The van der Waals surface area contributed by atoms with Gasteiger partial charge in [0.15, 0.2) is 5.78 Å². The lowest BCUT2D eigenvalue weighted by Crippen LogP contribution is -1.99. The SMILES string of the molecule is Cc1cc(C(=O)c2ccc(F)c(Br)c2)co1. The van der Waals surface area contributed by atoms with Crippen LogP contribution in [0.4, 0.5) is 4.39 Å². The molecule has 0 bridgehead atoms. The molecule has 0 spiro atoms. The zero-order valence-corrected chi connectivity index (χ0v) is 10.0. The summed E-state index contributed by atoms with van der Waals surface area (Å²) in [7, 11) is 0. The van der Waals surface area contributed by atoms with E-state index in [0.29, 0.717) is 16.9 Å². The minimum Gasteiger partial charge on any atom is -0.469 e. The first-order chi connectivity index (χ1) is 7.58. The van der Waals surface area contributed by atoms with Gasteiger partial charge in [0.2, 0.25) is 0 Å². The first kappa shape index (κ1) is 11.1. The van der Waals surface area contributed by atoms with Crippen molar-refractivity contribution < 1.29 is 13.6 Å².